The molecule has 4 aromatic heterocycles. The molecule has 0 radical (unpaired) electrons. The Labute approximate surface area is 200 Å². The van der Waals surface area contributed by atoms with Crippen LogP contribution in [-0.2, 0) is 4.74 Å². The van der Waals surface area contributed by atoms with Crippen molar-refractivity contribution in [2.75, 3.05) is 33.4 Å². The second kappa shape index (κ2) is 7.89. The molecular formula is C27H34N6O. The summed E-state index contributed by atoms with van der Waals surface area (Å²) in [4.78, 5) is 15.9. The molecule has 0 bridgehead atoms. The highest BCUT2D eigenvalue weighted by molar-refractivity contribution is 5.89. The minimum atomic E-state index is 0.353. The summed E-state index contributed by atoms with van der Waals surface area (Å²) in [5.41, 5.74) is 10.9. The van der Waals surface area contributed by atoms with Crippen LogP contribution >= 0.6 is 0 Å². The smallest absolute Gasteiger partial charge is 0.158 e. The SMILES string of the molecule is COCCN1CC2(CC(c3ccc4[nH]c(-c5cn6ncnc6c(C)c5C)c(C(C)C)c4n3)C2)C1. The number of methoxy groups -OCH3 is 1. The van der Waals surface area contributed by atoms with Gasteiger partial charge in [-0.25, -0.2) is 9.50 Å². The van der Waals surface area contributed by atoms with Crippen LogP contribution in [0.4, 0.5) is 0 Å². The number of fused-ring (bicyclic) bond motifs is 2. The predicted molar refractivity (Wildman–Crippen MR) is 134 cm³/mol. The Balaban J connectivity index is 1.33. The number of hydrogen-bond acceptors (Lipinski definition) is 5. The van der Waals surface area contributed by atoms with Crippen molar-refractivity contribution in [2.24, 2.45) is 5.41 Å². The van der Waals surface area contributed by atoms with E-state index in [1.54, 1.807) is 13.4 Å². The molecule has 7 nitrogen and oxygen atoms in total. The van der Waals surface area contributed by atoms with Gasteiger partial charge in [-0.2, -0.15) is 5.10 Å². The number of nitrogens with one attached hydrogen (secondary N) is 1. The van der Waals surface area contributed by atoms with Gasteiger partial charge in [-0.15, -0.1) is 0 Å². The number of ether oxygens (including phenoxy) is 1. The quantitative estimate of drug-likeness (QED) is 0.448. The number of H-pyrrole nitrogens is 1. The maximum atomic E-state index is 5.26. The van der Waals surface area contributed by atoms with Crippen LogP contribution in [0.3, 0.4) is 0 Å². The molecule has 1 saturated heterocycles. The van der Waals surface area contributed by atoms with Crippen molar-refractivity contribution in [1.82, 2.24) is 29.5 Å². The Hall–Kier alpha value is -2.77. The van der Waals surface area contributed by atoms with Crippen molar-refractivity contribution >= 4 is 16.7 Å². The van der Waals surface area contributed by atoms with E-state index in [0.717, 1.165) is 41.1 Å². The molecule has 0 unspecified atom stereocenters. The van der Waals surface area contributed by atoms with Gasteiger partial charge in [-0.05, 0) is 61.3 Å². The third kappa shape index (κ3) is 3.28. The summed E-state index contributed by atoms with van der Waals surface area (Å²) in [6, 6.07) is 4.48. The Morgan fingerprint density at radius 2 is 1.97 bits per heavy atom. The Kier molecular flexibility index (Phi) is 5.04. The highest BCUT2D eigenvalue weighted by atomic mass is 16.5. The fourth-order valence-electron chi connectivity index (χ4n) is 6.29. The number of pyridine rings is 2. The number of aromatic amines is 1. The first-order valence-corrected chi connectivity index (χ1v) is 12.4. The maximum absolute atomic E-state index is 5.26. The molecule has 1 aliphatic heterocycles. The molecule has 0 aromatic carbocycles. The fourth-order valence-corrected chi connectivity index (χ4v) is 6.29. The number of rotatable bonds is 6. The van der Waals surface area contributed by atoms with Crippen LogP contribution in [0.25, 0.3) is 27.9 Å². The second-order valence-corrected chi connectivity index (χ2v) is 10.8. The van der Waals surface area contributed by atoms with E-state index < -0.39 is 0 Å². The summed E-state index contributed by atoms with van der Waals surface area (Å²) in [6.45, 7) is 13.1. The lowest BCUT2D eigenvalue weighted by Crippen LogP contribution is -2.62. The van der Waals surface area contributed by atoms with Crippen molar-refractivity contribution in [3.8, 4) is 11.3 Å². The normalized spacial score (nSPS) is 18.3. The number of nitrogens with zero attached hydrogens (tertiary/aromatic N) is 5. The molecule has 4 aromatic rings. The van der Waals surface area contributed by atoms with Crippen LogP contribution in [0.15, 0.2) is 24.7 Å². The minimum Gasteiger partial charge on any atom is -0.383 e. The van der Waals surface area contributed by atoms with Gasteiger partial charge in [0.1, 0.15) is 6.33 Å². The van der Waals surface area contributed by atoms with Gasteiger partial charge in [-0.1, -0.05) is 13.8 Å². The zero-order valence-corrected chi connectivity index (χ0v) is 20.9. The lowest BCUT2D eigenvalue weighted by atomic mass is 9.57. The van der Waals surface area contributed by atoms with Crippen molar-refractivity contribution in [3.63, 3.8) is 0 Å². The van der Waals surface area contributed by atoms with Gasteiger partial charge in [0.25, 0.3) is 0 Å². The molecule has 0 amide bonds. The van der Waals surface area contributed by atoms with Crippen LogP contribution in [0.1, 0.15) is 60.9 Å². The average Bonchev–Trinajstić information content (AvgIpc) is 3.38. The van der Waals surface area contributed by atoms with Crippen molar-refractivity contribution < 1.29 is 4.74 Å². The topological polar surface area (TPSA) is 71.3 Å². The van der Waals surface area contributed by atoms with E-state index in [1.165, 1.54) is 48.3 Å². The summed E-state index contributed by atoms with van der Waals surface area (Å²) in [7, 11) is 1.78. The molecule has 34 heavy (non-hydrogen) atoms. The van der Waals surface area contributed by atoms with Crippen LogP contribution in [-0.4, -0.2) is 62.8 Å². The first-order chi connectivity index (χ1) is 16.4. The van der Waals surface area contributed by atoms with E-state index in [4.69, 9.17) is 9.72 Å². The van der Waals surface area contributed by atoms with Gasteiger partial charge < -0.3 is 9.72 Å². The number of likely N-dealkylation sites (tertiary alicyclic amines) is 1. The monoisotopic (exact) mass is 458 g/mol. The second-order valence-electron chi connectivity index (χ2n) is 10.8. The Morgan fingerprint density at radius 1 is 1.18 bits per heavy atom. The molecular weight excluding hydrogens is 424 g/mol. The summed E-state index contributed by atoms with van der Waals surface area (Å²) in [5.74, 6) is 0.925. The van der Waals surface area contributed by atoms with Crippen LogP contribution < -0.4 is 0 Å². The highest BCUT2D eigenvalue weighted by Crippen LogP contribution is 2.55. The van der Waals surface area contributed by atoms with E-state index in [9.17, 15) is 0 Å². The van der Waals surface area contributed by atoms with Crippen LogP contribution in [0, 0.1) is 19.3 Å². The van der Waals surface area contributed by atoms with Crippen molar-refractivity contribution in [1.29, 1.82) is 0 Å². The van der Waals surface area contributed by atoms with Gasteiger partial charge in [0.2, 0.25) is 0 Å². The molecule has 1 saturated carbocycles. The lowest BCUT2D eigenvalue weighted by molar-refractivity contribution is -0.0801. The average molecular weight is 459 g/mol. The van der Waals surface area contributed by atoms with Gasteiger partial charge in [-0.3, -0.25) is 9.88 Å². The standard InChI is InChI=1S/C27H34N6O/c1-16(2)23-24(20-12-33-26(28-15-29-33)18(4)17(20)3)31-22-7-6-21(30-25(22)23)19-10-27(11-19)13-32(14-27)8-9-34-5/h6-7,12,15-16,19,31H,8-11,13-14H2,1-5H3. The predicted octanol–water partition coefficient (Wildman–Crippen LogP) is 4.84. The number of aryl methyl sites for hydroxylation is 1. The van der Waals surface area contributed by atoms with E-state index in [1.807, 2.05) is 4.52 Å². The molecule has 1 spiro atoms. The summed E-state index contributed by atoms with van der Waals surface area (Å²) in [5, 5.41) is 4.41. The first kappa shape index (κ1) is 21.7. The third-order valence-electron chi connectivity index (χ3n) is 8.18. The molecule has 1 N–H and O–H groups in total. The first-order valence-electron chi connectivity index (χ1n) is 12.4. The molecule has 5 heterocycles. The van der Waals surface area contributed by atoms with Crippen LogP contribution in [0.5, 0.6) is 0 Å². The summed E-state index contributed by atoms with van der Waals surface area (Å²) < 4.78 is 7.12. The minimum absolute atomic E-state index is 0.353. The molecule has 6 rings (SSSR count). The van der Waals surface area contributed by atoms with Gasteiger partial charge in [0.15, 0.2) is 5.65 Å². The molecule has 1 aliphatic carbocycles. The van der Waals surface area contributed by atoms with Gasteiger partial charge in [0.05, 0.1) is 23.3 Å². The highest BCUT2D eigenvalue weighted by Gasteiger charge is 2.52. The van der Waals surface area contributed by atoms with E-state index in [2.05, 4.69) is 66.0 Å². The van der Waals surface area contributed by atoms with E-state index >= 15 is 0 Å². The lowest BCUT2D eigenvalue weighted by Gasteiger charge is -2.59. The maximum Gasteiger partial charge on any atom is 0.158 e. The van der Waals surface area contributed by atoms with Gasteiger partial charge >= 0.3 is 0 Å². The van der Waals surface area contributed by atoms with E-state index in [-0.39, 0.29) is 0 Å². The third-order valence-corrected chi connectivity index (χ3v) is 8.18. The van der Waals surface area contributed by atoms with Gasteiger partial charge in [0, 0.05) is 55.7 Å². The largest absolute Gasteiger partial charge is 0.383 e. The zero-order valence-electron chi connectivity index (χ0n) is 20.9. The van der Waals surface area contributed by atoms with Crippen molar-refractivity contribution in [2.45, 2.75) is 52.4 Å². The molecule has 7 heteroatoms. The van der Waals surface area contributed by atoms with Crippen LogP contribution in [0.2, 0.25) is 0 Å². The molecule has 0 atom stereocenters. The number of hydrogen-bond donors (Lipinski definition) is 1. The molecule has 2 fully saturated rings. The molecule has 178 valence electrons. The Bertz CT molecular complexity index is 1370. The summed E-state index contributed by atoms with van der Waals surface area (Å²) >= 11 is 0. The number of aromatic nitrogens is 5. The van der Waals surface area contributed by atoms with E-state index in [0.29, 0.717) is 17.3 Å². The zero-order chi connectivity index (χ0) is 23.6. The van der Waals surface area contributed by atoms with Crippen molar-refractivity contribution in [3.05, 3.63) is 47.0 Å². The Morgan fingerprint density at radius 3 is 2.71 bits per heavy atom. The summed E-state index contributed by atoms with van der Waals surface area (Å²) in [6.07, 6.45) is 6.23. The fraction of sp³-hybridized carbons (Fsp3) is 0.519. The molecule has 2 aliphatic rings.